The smallest absolute Gasteiger partial charge is 0.267 e. The van der Waals surface area contributed by atoms with Crippen LogP contribution in [0.4, 0.5) is 0 Å². The van der Waals surface area contributed by atoms with Gasteiger partial charge >= 0.3 is 0 Å². The molecule has 2 aromatic carbocycles. The van der Waals surface area contributed by atoms with Gasteiger partial charge in [-0.25, -0.2) is 0 Å². The summed E-state index contributed by atoms with van der Waals surface area (Å²) in [6, 6.07) is 14.8. The lowest BCUT2D eigenvalue weighted by molar-refractivity contribution is -0.136. The summed E-state index contributed by atoms with van der Waals surface area (Å²) in [7, 11) is 0. The molecule has 29 heavy (non-hydrogen) atoms. The van der Waals surface area contributed by atoms with Crippen LogP contribution in [0, 0.1) is 0 Å². The number of rotatable bonds is 7. The molecule has 1 aliphatic heterocycles. The first-order chi connectivity index (χ1) is 14.1. The number of nitrogens with one attached hydrogen (secondary N) is 1. The van der Waals surface area contributed by atoms with Gasteiger partial charge in [0.2, 0.25) is 0 Å². The van der Waals surface area contributed by atoms with Crippen LogP contribution in [0.5, 0.6) is 0 Å². The number of fused-ring (bicyclic) bond motifs is 1. The zero-order chi connectivity index (χ0) is 20.4. The third kappa shape index (κ3) is 3.83. The Kier molecular flexibility index (Phi) is 5.76. The van der Waals surface area contributed by atoms with Crippen LogP contribution >= 0.6 is 23.4 Å². The Morgan fingerprint density at radius 3 is 2.55 bits per heavy atom. The van der Waals surface area contributed by atoms with Crippen LogP contribution in [0.15, 0.2) is 59.6 Å². The molecule has 0 bridgehead atoms. The molecule has 2 heterocycles. The molecular formula is C22H19ClN2O3S. The Labute approximate surface area is 177 Å². The van der Waals surface area contributed by atoms with Gasteiger partial charge in [0.25, 0.3) is 11.8 Å². The molecule has 0 spiro atoms. The number of halogens is 1. The molecule has 148 valence electrons. The molecule has 0 radical (unpaired) electrons. The van der Waals surface area contributed by atoms with E-state index in [9.17, 15) is 14.7 Å². The second-order valence-corrected chi connectivity index (χ2v) is 8.20. The van der Waals surface area contributed by atoms with E-state index in [4.69, 9.17) is 11.6 Å². The van der Waals surface area contributed by atoms with E-state index in [1.54, 1.807) is 24.3 Å². The van der Waals surface area contributed by atoms with Crippen LogP contribution in [0.1, 0.15) is 11.1 Å². The van der Waals surface area contributed by atoms with Crippen LogP contribution in [-0.2, 0) is 16.0 Å². The average molecular weight is 427 g/mol. The molecule has 0 saturated heterocycles. The van der Waals surface area contributed by atoms with E-state index in [1.165, 1.54) is 16.7 Å². The second-order valence-electron chi connectivity index (χ2n) is 6.65. The number of aliphatic hydroxyl groups is 1. The molecule has 1 aromatic heterocycles. The van der Waals surface area contributed by atoms with E-state index in [0.717, 1.165) is 16.5 Å². The topological polar surface area (TPSA) is 73.4 Å². The van der Waals surface area contributed by atoms with Crippen molar-refractivity contribution < 1.29 is 14.7 Å². The molecular weight excluding hydrogens is 408 g/mol. The van der Waals surface area contributed by atoms with E-state index in [0.29, 0.717) is 39.8 Å². The molecule has 0 fully saturated rings. The fourth-order valence-electron chi connectivity index (χ4n) is 3.48. The normalized spacial score (nSPS) is 14.5. The Hall–Kier alpha value is -2.54. The number of carbonyl (C=O) groups excluding carboxylic acids is 2. The van der Waals surface area contributed by atoms with Crippen LogP contribution in [0.25, 0.3) is 16.5 Å². The number of thioether (sulfide) groups is 1. The lowest BCUT2D eigenvalue weighted by atomic mass is 10.1. The minimum absolute atomic E-state index is 0.0706. The van der Waals surface area contributed by atoms with Crippen LogP contribution in [-0.4, -0.2) is 45.7 Å². The number of aromatic amines is 1. The van der Waals surface area contributed by atoms with Crippen LogP contribution < -0.4 is 0 Å². The largest absolute Gasteiger partial charge is 0.396 e. The number of benzene rings is 2. The SMILES string of the molecule is O=C1C(SCCO)=C(c2ccc(Cl)cc2)C(=O)N1CCc1c[nH]c2ccccc12. The van der Waals surface area contributed by atoms with Crippen molar-refractivity contribution in [3.8, 4) is 0 Å². The van der Waals surface area contributed by atoms with E-state index in [2.05, 4.69) is 4.98 Å². The Balaban J connectivity index is 1.60. The maximum atomic E-state index is 13.1. The lowest BCUT2D eigenvalue weighted by Crippen LogP contribution is -2.33. The predicted molar refractivity (Wildman–Crippen MR) is 117 cm³/mol. The predicted octanol–water partition coefficient (Wildman–Crippen LogP) is 3.87. The molecule has 0 aliphatic carbocycles. The van der Waals surface area contributed by atoms with Crippen molar-refractivity contribution >= 4 is 51.7 Å². The molecule has 5 nitrogen and oxygen atoms in total. The average Bonchev–Trinajstić information content (AvgIpc) is 3.24. The summed E-state index contributed by atoms with van der Waals surface area (Å²) in [6.07, 6.45) is 2.48. The first kappa shape index (κ1) is 19.8. The fourth-order valence-corrected chi connectivity index (χ4v) is 4.48. The van der Waals surface area contributed by atoms with Gasteiger partial charge in [-0.05, 0) is 35.7 Å². The molecule has 0 atom stereocenters. The second kappa shape index (κ2) is 8.45. The first-order valence-corrected chi connectivity index (χ1v) is 10.6. The van der Waals surface area contributed by atoms with Crippen LogP contribution in [0.2, 0.25) is 5.02 Å². The molecule has 2 N–H and O–H groups in total. The van der Waals surface area contributed by atoms with E-state index in [-0.39, 0.29) is 18.4 Å². The first-order valence-electron chi connectivity index (χ1n) is 9.25. The highest BCUT2D eigenvalue weighted by Gasteiger charge is 2.38. The quantitative estimate of drug-likeness (QED) is 0.562. The van der Waals surface area contributed by atoms with Gasteiger partial charge in [-0.1, -0.05) is 41.9 Å². The Morgan fingerprint density at radius 1 is 1.03 bits per heavy atom. The summed E-state index contributed by atoms with van der Waals surface area (Å²) in [5, 5.41) is 10.8. The molecule has 1 aliphatic rings. The number of hydrogen-bond donors (Lipinski definition) is 2. The number of aromatic nitrogens is 1. The summed E-state index contributed by atoms with van der Waals surface area (Å²) >= 11 is 7.18. The number of H-pyrrole nitrogens is 1. The number of amides is 2. The monoisotopic (exact) mass is 426 g/mol. The number of aliphatic hydroxyl groups excluding tert-OH is 1. The molecule has 3 aromatic rings. The van der Waals surface area contributed by atoms with Gasteiger partial charge in [0.15, 0.2) is 0 Å². The van der Waals surface area contributed by atoms with Gasteiger partial charge in [0.1, 0.15) is 0 Å². The van der Waals surface area contributed by atoms with Crippen molar-refractivity contribution in [1.82, 2.24) is 9.88 Å². The van der Waals surface area contributed by atoms with Gasteiger partial charge in [-0.3, -0.25) is 14.5 Å². The summed E-state index contributed by atoms with van der Waals surface area (Å²) in [5.74, 6) is -0.266. The van der Waals surface area contributed by atoms with Gasteiger partial charge in [0.05, 0.1) is 17.1 Å². The molecule has 2 amide bonds. The zero-order valence-corrected chi connectivity index (χ0v) is 17.1. The van der Waals surface area contributed by atoms with Gasteiger partial charge in [-0.2, -0.15) is 0 Å². The van der Waals surface area contributed by atoms with E-state index in [1.807, 2.05) is 30.5 Å². The summed E-state index contributed by atoms with van der Waals surface area (Å²) in [4.78, 5) is 31.0. The van der Waals surface area contributed by atoms with Crippen molar-refractivity contribution in [2.75, 3.05) is 18.9 Å². The van der Waals surface area contributed by atoms with E-state index < -0.39 is 0 Å². The third-order valence-electron chi connectivity index (χ3n) is 4.88. The zero-order valence-electron chi connectivity index (χ0n) is 15.5. The van der Waals surface area contributed by atoms with Crippen molar-refractivity contribution in [2.24, 2.45) is 0 Å². The van der Waals surface area contributed by atoms with Crippen LogP contribution in [0.3, 0.4) is 0 Å². The molecule has 0 unspecified atom stereocenters. The van der Waals surface area contributed by atoms with Gasteiger partial charge in [-0.15, -0.1) is 11.8 Å². The standard InChI is InChI=1S/C22H19ClN2O3S/c23-16-7-5-14(6-8-16)19-20(29-12-11-26)22(28)25(21(19)27)10-9-15-13-24-18-4-2-1-3-17(15)18/h1-8,13,24,26H,9-12H2. The maximum absolute atomic E-state index is 13.1. The van der Waals surface area contributed by atoms with Crippen molar-refractivity contribution in [1.29, 1.82) is 0 Å². The number of carbonyl (C=O) groups is 2. The highest BCUT2D eigenvalue weighted by Crippen LogP contribution is 2.36. The minimum Gasteiger partial charge on any atom is -0.396 e. The molecule has 7 heteroatoms. The fraction of sp³-hybridized carbons (Fsp3) is 0.182. The maximum Gasteiger partial charge on any atom is 0.267 e. The highest BCUT2D eigenvalue weighted by atomic mass is 35.5. The summed E-state index contributed by atoms with van der Waals surface area (Å²) in [5.41, 5.74) is 3.12. The summed E-state index contributed by atoms with van der Waals surface area (Å²) < 4.78 is 0. The number of nitrogens with zero attached hydrogens (tertiary/aromatic N) is 1. The minimum atomic E-state index is -0.308. The van der Waals surface area contributed by atoms with Crippen molar-refractivity contribution in [3.63, 3.8) is 0 Å². The number of hydrogen-bond acceptors (Lipinski definition) is 4. The number of imide groups is 1. The van der Waals surface area contributed by atoms with E-state index >= 15 is 0 Å². The number of para-hydroxylation sites is 1. The van der Waals surface area contributed by atoms with Gasteiger partial charge in [0, 0.05) is 34.4 Å². The summed E-state index contributed by atoms with van der Waals surface area (Å²) in [6.45, 7) is 0.221. The molecule has 0 saturated carbocycles. The van der Waals surface area contributed by atoms with Crippen molar-refractivity contribution in [3.05, 3.63) is 75.8 Å². The molecule has 4 rings (SSSR count). The lowest BCUT2D eigenvalue weighted by Gasteiger charge is -2.15. The Morgan fingerprint density at radius 2 is 1.79 bits per heavy atom. The Bertz CT molecular complexity index is 1100. The highest BCUT2D eigenvalue weighted by molar-refractivity contribution is 8.04. The third-order valence-corrected chi connectivity index (χ3v) is 6.18. The van der Waals surface area contributed by atoms with Crippen molar-refractivity contribution in [2.45, 2.75) is 6.42 Å². The van der Waals surface area contributed by atoms with Gasteiger partial charge < -0.3 is 10.1 Å².